The van der Waals surface area contributed by atoms with Crippen molar-refractivity contribution in [3.63, 3.8) is 0 Å². The Kier molecular flexibility index (Phi) is 4.60. The maximum atomic E-state index is 5.89. The van der Waals surface area contributed by atoms with Gasteiger partial charge >= 0.3 is 0 Å². The smallest absolute Gasteiger partial charge is 0.214 e. The van der Waals surface area contributed by atoms with Crippen LogP contribution in [-0.2, 0) is 5.75 Å². The number of benzene rings is 2. The Balaban J connectivity index is 1.75. The summed E-state index contributed by atoms with van der Waals surface area (Å²) in [6.45, 7) is 0. The van der Waals surface area contributed by atoms with E-state index in [0.717, 1.165) is 27.4 Å². The Bertz CT molecular complexity index is 743. The highest BCUT2D eigenvalue weighted by molar-refractivity contribution is 7.98. The van der Waals surface area contributed by atoms with E-state index in [9.17, 15) is 0 Å². The fourth-order valence-corrected chi connectivity index (χ4v) is 2.86. The van der Waals surface area contributed by atoms with E-state index in [1.165, 1.54) is 5.56 Å². The van der Waals surface area contributed by atoms with Gasteiger partial charge in [-0.25, -0.2) is 0 Å². The summed E-state index contributed by atoms with van der Waals surface area (Å²) in [7, 11) is 1.64. The van der Waals surface area contributed by atoms with Crippen molar-refractivity contribution in [3.8, 4) is 11.4 Å². The van der Waals surface area contributed by atoms with Gasteiger partial charge in [0.15, 0.2) is 0 Å². The first-order chi connectivity index (χ1) is 10.8. The lowest BCUT2D eigenvalue weighted by molar-refractivity contribution is 0.414. The van der Waals surface area contributed by atoms with E-state index in [1.54, 1.807) is 23.6 Å². The van der Waals surface area contributed by atoms with Crippen molar-refractivity contribution < 1.29 is 4.74 Å². The molecule has 0 fully saturated rings. The molecule has 0 spiro atoms. The van der Waals surface area contributed by atoms with Gasteiger partial charge in [-0.15, -0.1) is 5.10 Å². The number of halogens is 1. The molecule has 5 nitrogen and oxygen atoms in total. The first-order valence-electron chi connectivity index (χ1n) is 6.56. The lowest BCUT2D eigenvalue weighted by Crippen LogP contribution is -1.99. The summed E-state index contributed by atoms with van der Waals surface area (Å²) in [6, 6.07) is 15.3. The zero-order valence-electron chi connectivity index (χ0n) is 11.8. The second kappa shape index (κ2) is 6.81. The third-order valence-electron chi connectivity index (χ3n) is 3.04. The molecule has 0 aliphatic heterocycles. The van der Waals surface area contributed by atoms with Crippen LogP contribution in [0.1, 0.15) is 5.56 Å². The van der Waals surface area contributed by atoms with E-state index in [0.29, 0.717) is 0 Å². The van der Waals surface area contributed by atoms with Crippen LogP contribution in [0.5, 0.6) is 5.75 Å². The van der Waals surface area contributed by atoms with Gasteiger partial charge in [0.1, 0.15) is 5.75 Å². The molecule has 3 rings (SSSR count). The highest BCUT2D eigenvalue weighted by Gasteiger charge is 2.09. The van der Waals surface area contributed by atoms with Gasteiger partial charge in [-0.1, -0.05) is 35.5 Å². The molecule has 0 aliphatic carbocycles. The number of nitrogens with zero attached hydrogens (tertiary/aromatic N) is 4. The molecule has 0 saturated carbocycles. The van der Waals surface area contributed by atoms with E-state index < -0.39 is 0 Å². The van der Waals surface area contributed by atoms with Crippen LogP contribution in [0.4, 0.5) is 0 Å². The summed E-state index contributed by atoms with van der Waals surface area (Å²) in [6.07, 6.45) is 0. The van der Waals surface area contributed by atoms with Gasteiger partial charge in [0, 0.05) is 10.8 Å². The van der Waals surface area contributed by atoms with Crippen molar-refractivity contribution >= 4 is 23.4 Å². The topological polar surface area (TPSA) is 52.8 Å². The van der Waals surface area contributed by atoms with E-state index >= 15 is 0 Å². The second-order valence-electron chi connectivity index (χ2n) is 4.49. The summed E-state index contributed by atoms with van der Waals surface area (Å²) in [4.78, 5) is 0. The van der Waals surface area contributed by atoms with Crippen molar-refractivity contribution in [1.29, 1.82) is 0 Å². The molecule has 2 aromatic carbocycles. The van der Waals surface area contributed by atoms with Gasteiger partial charge in [-0.05, 0) is 52.4 Å². The predicted octanol–water partition coefficient (Wildman–Crippen LogP) is 3.62. The number of rotatable bonds is 5. The molecule has 0 atom stereocenters. The molecule has 112 valence electrons. The van der Waals surface area contributed by atoms with Crippen LogP contribution in [0.15, 0.2) is 53.7 Å². The van der Waals surface area contributed by atoms with E-state index in [1.807, 2.05) is 48.5 Å². The highest BCUT2D eigenvalue weighted by atomic mass is 35.5. The van der Waals surface area contributed by atoms with Crippen molar-refractivity contribution in [2.75, 3.05) is 7.11 Å². The minimum Gasteiger partial charge on any atom is -0.497 e. The zero-order chi connectivity index (χ0) is 15.4. The lowest BCUT2D eigenvalue weighted by Gasteiger charge is -2.05. The van der Waals surface area contributed by atoms with Crippen LogP contribution in [-0.4, -0.2) is 27.3 Å². The first kappa shape index (κ1) is 14.9. The minimum atomic E-state index is 0.733. The Morgan fingerprint density at radius 3 is 2.50 bits per heavy atom. The summed E-state index contributed by atoms with van der Waals surface area (Å²) < 4.78 is 6.86. The summed E-state index contributed by atoms with van der Waals surface area (Å²) in [5.41, 5.74) is 2.06. The van der Waals surface area contributed by atoms with Crippen molar-refractivity contribution in [2.24, 2.45) is 0 Å². The average Bonchev–Trinajstić information content (AvgIpc) is 3.03. The number of ether oxygens (including phenoxy) is 1. The number of methoxy groups -OCH3 is 1. The number of thioether (sulfide) groups is 1. The van der Waals surface area contributed by atoms with Gasteiger partial charge in [0.25, 0.3) is 0 Å². The van der Waals surface area contributed by atoms with E-state index in [4.69, 9.17) is 16.3 Å². The van der Waals surface area contributed by atoms with Crippen LogP contribution in [0.2, 0.25) is 5.02 Å². The molecule has 1 heterocycles. The van der Waals surface area contributed by atoms with Gasteiger partial charge in [-0.2, -0.15) is 4.68 Å². The molecule has 0 N–H and O–H groups in total. The molecule has 0 aliphatic rings. The van der Waals surface area contributed by atoms with Crippen LogP contribution in [0, 0.1) is 0 Å². The SMILES string of the molecule is COc1ccc(-n2nnnc2SCc2ccc(Cl)cc2)cc1. The quantitative estimate of drug-likeness (QED) is 0.668. The Morgan fingerprint density at radius 2 is 1.82 bits per heavy atom. The fraction of sp³-hybridized carbons (Fsp3) is 0.133. The molecular formula is C15H13ClN4OS. The molecule has 7 heteroatoms. The van der Waals surface area contributed by atoms with Gasteiger partial charge in [0.2, 0.25) is 5.16 Å². The van der Waals surface area contributed by atoms with E-state index in [2.05, 4.69) is 15.5 Å². The summed E-state index contributed by atoms with van der Waals surface area (Å²) >= 11 is 7.46. The standard InChI is InChI=1S/C15H13ClN4OS/c1-21-14-8-6-13(7-9-14)20-15(17-18-19-20)22-10-11-2-4-12(16)5-3-11/h2-9H,10H2,1H3. The summed E-state index contributed by atoms with van der Waals surface area (Å²) in [5.74, 6) is 1.57. The number of hydrogen-bond donors (Lipinski definition) is 0. The maximum absolute atomic E-state index is 5.89. The molecular weight excluding hydrogens is 320 g/mol. The zero-order valence-corrected chi connectivity index (χ0v) is 13.4. The molecule has 0 saturated heterocycles. The van der Waals surface area contributed by atoms with Crippen LogP contribution in [0.25, 0.3) is 5.69 Å². The largest absolute Gasteiger partial charge is 0.497 e. The van der Waals surface area contributed by atoms with Crippen LogP contribution < -0.4 is 4.74 Å². The van der Waals surface area contributed by atoms with Crippen molar-refractivity contribution in [1.82, 2.24) is 20.2 Å². The van der Waals surface area contributed by atoms with Crippen LogP contribution in [0.3, 0.4) is 0 Å². The third kappa shape index (κ3) is 3.40. The average molecular weight is 333 g/mol. The molecule has 0 unspecified atom stereocenters. The Labute approximate surface area is 137 Å². The second-order valence-corrected chi connectivity index (χ2v) is 5.87. The van der Waals surface area contributed by atoms with E-state index in [-0.39, 0.29) is 0 Å². The maximum Gasteiger partial charge on any atom is 0.214 e. The third-order valence-corrected chi connectivity index (χ3v) is 4.28. The molecule has 0 radical (unpaired) electrons. The normalized spacial score (nSPS) is 10.6. The van der Waals surface area contributed by atoms with Gasteiger partial charge in [-0.3, -0.25) is 0 Å². The Hall–Kier alpha value is -2.05. The monoisotopic (exact) mass is 332 g/mol. The van der Waals surface area contributed by atoms with Gasteiger partial charge < -0.3 is 4.74 Å². The van der Waals surface area contributed by atoms with Crippen LogP contribution >= 0.6 is 23.4 Å². The fourth-order valence-electron chi connectivity index (χ4n) is 1.88. The number of tetrazole rings is 1. The molecule has 0 amide bonds. The Morgan fingerprint density at radius 1 is 1.09 bits per heavy atom. The highest BCUT2D eigenvalue weighted by Crippen LogP contribution is 2.24. The molecule has 1 aromatic heterocycles. The van der Waals surface area contributed by atoms with Crippen molar-refractivity contribution in [3.05, 3.63) is 59.1 Å². The van der Waals surface area contributed by atoms with Crippen molar-refractivity contribution in [2.45, 2.75) is 10.9 Å². The molecule has 3 aromatic rings. The molecule has 0 bridgehead atoms. The molecule has 22 heavy (non-hydrogen) atoms. The predicted molar refractivity (Wildman–Crippen MR) is 86.7 cm³/mol. The lowest BCUT2D eigenvalue weighted by atomic mass is 10.2. The number of hydrogen-bond acceptors (Lipinski definition) is 5. The summed E-state index contributed by atoms with van der Waals surface area (Å²) in [5, 5.41) is 13.3. The van der Waals surface area contributed by atoms with Gasteiger partial charge in [0.05, 0.1) is 12.8 Å². The first-order valence-corrected chi connectivity index (χ1v) is 7.92. The minimum absolute atomic E-state index is 0.733. The number of aromatic nitrogens is 4.